The molecule has 1 aromatic rings. The van der Waals surface area contributed by atoms with Crippen LogP contribution in [0.25, 0.3) is 0 Å². The van der Waals surface area contributed by atoms with Gasteiger partial charge in [0.05, 0.1) is 0 Å². The second kappa shape index (κ2) is 3.21. The van der Waals surface area contributed by atoms with Crippen LogP contribution < -0.4 is 4.74 Å². The lowest BCUT2D eigenvalue weighted by Crippen LogP contribution is -2.38. The molecule has 1 aromatic carbocycles. The van der Waals surface area contributed by atoms with Crippen LogP contribution in [0.3, 0.4) is 0 Å². The quantitative estimate of drug-likeness (QED) is 0.736. The predicted octanol–water partition coefficient (Wildman–Crippen LogP) is 1.56. The van der Waals surface area contributed by atoms with Crippen molar-refractivity contribution in [2.75, 3.05) is 7.05 Å². The molecule has 1 aliphatic rings. The molecule has 0 aromatic heterocycles. The van der Waals surface area contributed by atoms with Crippen molar-refractivity contribution in [1.82, 2.24) is 4.90 Å². The molecule has 2 rings (SSSR count). The number of likely N-dealkylation sites (N-methyl/N-ethyl adjacent to an activating group) is 1. The van der Waals surface area contributed by atoms with Gasteiger partial charge >= 0.3 is 6.09 Å². The van der Waals surface area contributed by atoms with Crippen LogP contribution in [-0.2, 0) is 6.42 Å². The molecule has 1 atom stereocenters. The number of carboxylic acid groups (broad SMARTS) is 1. The van der Waals surface area contributed by atoms with Crippen LogP contribution in [0.1, 0.15) is 5.56 Å². The van der Waals surface area contributed by atoms with E-state index in [0.29, 0.717) is 6.42 Å². The zero-order chi connectivity index (χ0) is 10.1. The first-order valence-electron chi connectivity index (χ1n) is 4.39. The van der Waals surface area contributed by atoms with Crippen molar-refractivity contribution in [3.63, 3.8) is 0 Å². The summed E-state index contributed by atoms with van der Waals surface area (Å²) in [6.07, 6.45) is -0.730. The molecule has 0 saturated carbocycles. The molecule has 0 aliphatic carbocycles. The highest BCUT2D eigenvalue weighted by Crippen LogP contribution is 2.28. The highest BCUT2D eigenvalue weighted by atomic mass is 16.5. The summed E-state index contributed by atoms with van der Waals surface area (Å²) < 4.78 is 5.48. The molecule has 4 nitrogen and oxygen atoms in total. The summed E-state index contributed by atoms with van der Waals surface area (Å²) in [5.74, 6) is 0.783. The monoisotopic (exact) mass is 193 g/mol. The van der Waals surface area contributed by atoms with E-state index in [4.69, 9.17) is 9.84 Å². The van der Waals surface area contributed by atoms with Gasteiger partial charge in [0, 0.05) is 13.5 Å². The van der Waals surface area contributed by atoms with Crippen molar-refractivity contribution in [3.05, 3.63) is 29.8 Å². The smallest absolute Gasteiger partial charge is 0.409 e. The molecule has 0 spiro atoms. The second-order valence-corrected chi connectivity index (χ2v) is 3.28. The Hall–Kier alpha value is -1.71. The fourth-order valence-corrected chi connectivity index (χ4v) is 1.50. The number of hydrogen-bond donors (Lipinski definition) is 1. The first-order chi connectivity index (χ1) is 6.68. The average Bonchev–Trinajstić information content (AvgIpc) is 2.59. The topological polar surface area (TPSA) is 49.8 Å². The summed E-state index contributed by atoms with van der Waals surface area (Å²) in [5.41, 5.74) is 1.06. The molecule has 74 valence electrons. The van der Waals surface area contributed by atoms with Crippen LogP contribution in [0.2, 0.25) is 0 Å². The summed E-state index contributed by atoms with van der Waals surface area (Å²) in [5, 5.41) is 8.77. The maximum Gasteiger partial charge on any atom is 0.409 e. The zero-order valence-corrected chi connectivity index (χ0v) is 7.80. The number of ether oxygens (including phenoxy) is 1. The normalized spacial score (nSPS) is 18.5. The molecule has 1 N–H and O–H groups in total. The lowest BCUT2D eigenvalue weighted by molar-refractivity contribution is 0.0608. The number of para-hydroxylation sites is 1. The van der Waals surface area contributed by atoms with Crippen molar-refractivity contribution < 1.29 is 14.6 Å². The van der Waals surface area contributed by atoms with E-state index in [1.807, 2.05) is 24.3 Å². The van der Waals surface area contributed by atoms with Crippen molar-refractivity contribution >= 4 is 6.09 Å². The number of rotatable bonds is 1. The van der Waals surface area contributed by atoms with Gasteiger partial charge in [-0.2, -0.15) is 0 Å². The van der Waals surface area contributed by atoms with E-state index in [1.54, 1.807) is 0 Å². The third-order valence-corrected chi connectivity index (χ3v) is 2.36. The Labute approximate surface area is 81.7 Å². The Morgan fingerprint density at radius 3 is 2.93 bits per heavy atom. The fourth-order valence-electron chi connectivity index (χ4n) is 1.50. The highest BCUT2D eigenvalue weighted by Gasteiger charge is 2.28. The van der Waals surface area contributed by atoms with Gasteiger partial charge in [-0.15, -0.1) is 0 Å². The first-order valence-corrected chi connectivity index (χ1v) is 4.39. The van der Waals surface area contributed by atoms with E-state index in [1.165, 1.54) is 11.9 Å². The van der Waals surface area contributed by atoms with Gasteiger partial charge in [-0.05, 0) is 11.6 Å². The maximum absolute atomic E-state index is 10.7. The van der Waals surface area contributed by atoms with Gasteiger partial charge in [-0.3, -0.25) is 4.90 Å². The summed E-state index contributed by atoms with van der Waals surface area (Å²) in [4.78, 5) is 11.9. The standard InChI is InChI=1S/C10H11NO3/c1-11(10(12)13)9-6-7-4-2-3-5-8(7)14-9/h2-5,9H,6H2,1H3,(H,12,13). The molecule has 4 heteroatoms. The number of nitrogens with zero attached hydrogens (tertiary/aromatic N) is 1. The van der Waals surface area contributed by atoms with Crippen LogP contribution in [0.15, 0.2) is 24.3 Å². The summed E-state index contributed by atoms with van der Waals surface area (Å²) in [7, 11) is 1.51. The minimum absolute atomic E-state index is 0.384. The molecule has 1 heterocycles. The third-order valence-electron chi connectivity index (χ3n) is 2.36. The molecule has 0 radical (unpaired) electrons. The van der Waals surface area contributed by atoms with Crippen LogP contribution in [0.4, 0.5) is 4.79 Å². The fraction of sp³-hybridized carbons (Fsp3) is 0.300. The average molecular weight is 193 g/mol. The highest BCUT2D eigenvalue weighted by molar-refractivity contribution is 5.65. The van der Waals surface area contributed by atoms with Crippen LogP contribution >= 0.6 is 0 Å². The van der Waals surface area contributed by atoms with E-state index in [2.05, 4.69) is 0 Å². The van der Waals surface area contributed by atoms with Gasteiger partial charge in [-0.25, -0.2) is 4.79 Å². The molecular weight excluding hydrogens is 182 g/mol. The molecular formula is C10H11NO3. The van der Waals surface area contributed by atoms with E-state index in [-0.39, 0.29) is 6.23 Å². The molecule has 1 unspecified atom stereocenters. The Balaban J connectivity index is 2.15. The van der Waals surface area contributed by atoms with Gasteiger partial charge in [0.2, 0.25) is 0 Å². The molecule has 0 saturated heterocycles. The summed E-state index contributed by atoms with van der Waals surface area (Å²) in [6.45, 7) is 0. The van der Waals surface area contributed by atoms with Crippen molar-refractivity contribution in [1.29, 1.82) is 0 Å². The Kier molecular flexibility index (Phi) is 2.04. The molecule has 14 heavy (non-hydrogen) atoms. The van der Waals surface area contributed by atoms with Gasteiger partial charge in [0.15, 0.2) is 6.23 Å². The minimum atomic E-state index is -0.970. The number of carbonyl (C=O) groups is 1. The third kappa shape index (κ3) is 1.39. The van der Waals surface area contributed by atoms with Crippen LogP contribution in [0.5, 0.6) is 5.75 Å². The van der Waals surface area contributed by atoms with Gasteiger partial charge in [0.1, 0.15) is 5.75 Å². The number of hydrogen-bond acceptors (Lipinski definition) is 2. The molecule has 0 fully saturated rings. The van der Waals surface area contributed by atoms with Gasteiger partial charge < -0.3 is 9.84 Å². The Morgan fingerprint density at radius 2 is 2.29 bits per heavy atom. The van der Waals surface area contributed by atoms with Gasteiger partial charge in [0.25, 0.3) is 0 Å². The van der Waals surface area contributed by atoms with Crippen LogP contribution in [0, 0.1) is 0 Å². The van der Waals surface area contributed by atoms with Crippen molar-refractivity contribution in [3.8, 4) is 5.75 Å². The minimum Gasteiger partial charge on any atom is -0.470 e. The Morgan fingerprint density at radius 1 is 1.57 bits per heavy atom. The van der Waals surface area contributed by atoms with Crippen molar-refractivity contribution in [2.24, 2.45) is 0 Å². The second-order valence-electron chi connectivity index (χ2n) is 3.28. The Bertz CT molecular complexity index is 339. The molecule has 1 aliphatic heterocycles. The molecule has 1 amide bonds. The van der Waals surface area contributed by atoms with Crippen LogP contribution in [-0.4, -0.2) is 29.4 Å². The predicted molar refractivity (Wildman–Crippen MR) is 50.3 cm³/mol. The number of benzene rings is 1. The van der Waals surface area contributed by atoms with E-state index in [0.717, 1.165) is 11.3 Å². The van der Waals surface area contributed by atoms with E-state index in [9.17, 15) is 4.79 Å². The lowest BCUT2D eigenvalue weighted by atomic mass is 10.1. The lowest BCUT2D eigenvalue weighted by Gasteiger charge is -2.20. The van der Waals surface area contributed by atoms with Crippen molar-refractivity contribution in [2.45, 2.75) is 12.6 Å². The van der Waals surface area contributed by atoms with E-state index >= 15 is 0 Å². The number of fused-ring (bicyclic) bond motifs is 1. The molecule has 0 bridgehead atoms. The van der Waals surface area contributed by atoms with Gasteiger partial charge in [-0.1, -0.05) is 18.2 Å². The summed E-state index contributed by atoms with van der Waals surface area (Å²) in [6, 6.07) is 7.60. The first kappa shape index (κ1) is 8.87. The zero-order valence-electron chi connectivity index (χ0n) is 7.80. The summed E-state index contributed by atoms with van der Waals surface area (Å²) >= 11 is 0. The van der Waals surface area contributed by atoms with E-state index < -0.39 is 6.09 Å². The maximum atomic E-state index is 10.7. The largest absolute Gasteiger partial charge is 0.470 e. The number of amides is 1. The SMILES string of the molecule is CN(C(=O)O)C1Cc2ccccc2O1.